The van der Waals surface area contributed by atoms with Gasteiger partial charge in [-0.15, -0.1) is 0 Å². The summed E-state index contributed by atoms with van der Waals surface area (Å²) in [5.74, 6) is 0. The number of nitrogens with one attached hydrogen (secondary N) is 1. The standard InChI is InChI=1S/C11H9N2/c1-2-9-8-12-13-11(9)10-6-4-3-5-7-10/h2-7H,1H2,(H,12,13). The van der Waals surface area contributed by atoms with Crippen LogP contribution >= 0.6 is 0 Å². The summed E-state index contributed by atoms with van der Waals surface area (Å²) in [4.78, 5) is 0. The molecular formula is C11H9N2. The van der Waals surface area contributed by atoms with Crippen LogP contribution in [0.4, 0.5) is 0 Å². The number of aromatic amines is 1. The molecule has 2 aromatic rings. The second-order valence-corrected chi connectivity index (χ2v) is 2.68. The van der Waals surface area contributed by atoms with Crippen molar-refractivity contribution in [1.29, 1.82) is 0 Å². The number of aromatic nitrogens is 2. The minimum absolute atomic E-state index is 0.899. The molecular weight excluding hydrogens is 160 g/mol. The van der Waals surface area contributed by atoms with E-state index >= 15 is 0 Å². The Labute approximate surface area is 76.9 Å². The van der Waals surface area contributed by atoms with Crippen LogP contribution < -0.4 is 0 Å². The Bertz CT molecular complexity index is 401. The maximum absolute atomic E-state index is 4.11. The van der Waals surface area contributed by atoms with Gasteiger partial charge in [0.25, 0.3) is 0 Å². The third-order valence-corrected chi connectivity index (χ3v) is 1.86. The normalized spacial score (nSPS) is 9.85. The molecule has 0 aliphatic rings. The van der Waals surface area contributed by atoms with Gasteiger partial charge in [0, 0.05) is 11.1 Å². The van der Waals surface area contributed by atoms with Gasteiger partial charge in [0.05, 0.1) is 11.9 Å². The second-order valence-electron chi connectivity index (χ2n) is 2.68. The van der Waals surface area contributed by atoms with E-state index in [0.29, 0.717) is 0 Å². The molecule has 1 radical (unpaired) electrons. The Kier molecular flexibility index (Phi) is 1.96. The van der Waals surface area contributed by atoms with Crippen molar-refractivity contribution in [3.8, 4) is 11.3 Å². The lowest BCUT2D eigenvalue weighted by molar-refractivity contribution is 1.09. The van der Waals surface area contributed by atoms with Crippen LogP contribution in [0, 0.1) is 6.20 Å². The molecule has 0 fully saturated rings. The monoisotopic (exact) mass is 169 g/mol. The van der Waals surface area contributed by atoms with E-state index in [1.807, 2.05) is 30.3 Å². The number of hydrogen-bond acceptors (Lipinski definition) is 1. The van der Waals surface area contributed by atoms with Crippen LogP contribution in [0.1, 0.15) is 5.56 Å². The summed E-state index contributed by atoms with van der Waals surface area (Å²) in [7, 11) is 0. The zero-order valence-corrected chi connectivity index (χ0v) is 7.12. The summed E-state index contributed by atoms with van der Waals surface area (Å²) in [6.07, 6.45) is 4.64. The van der Waals surface area contributed by atoms with E-state index in [1.165, 1.54) is 0 Å². The highest BCUT2D eigenvalue weighted by Gasteiger charge is 2.04. The lowest BCUT2D eigenvalue weighted by Crippen LogP contribution is -1.79. The van der Waals surface area contributed by atoms with Crippen LogP contribution in [0.2, 0.25) is 0 Å². The average molecular weight is 169 g/mol. The van der Waals surface area contributed by atoms with Crippen LogP contribution in [0.3, 0.4) is 0 Å². The molecule has 1 aromatic carbocycles. The van der Waals surface area contributed by atoms with Gasteiger partial charge < -0.3 is 0 Å². The molecule has 0 bridgehead atoms. The Morgan fingerprint density at radius 1 is 1.31 bits per heavy atom. The van der Waals surface area contributed by atoms with E-state index in [0.717, 1.165) is 16.8 Å². The van der Waals surface area contributed by atoms with Crippen LogP contribution in [-0.2, 0) is 0 Å². The molecule has 0 amide bonds. The van der Waals surface area contributed by atoms with Crippen molar-refractivity contribution < 1.29 is 0 Å². The topological polar surface area (TPSA) is 28.7 Å². The molecule has 1 aromatic heterocycles. The predicted octanol–water partition coefficient (Wildman–Crippen LogP) is 2.52. The molecule has 63 valence electrons. The van der Waals surface area contributed by atoms with Gasteiger partial charge in [-0.05, 0) is 0 Å². The molecule has 0 saturated carbocycles. The van der Waals surface area contributed by atoms with Gasteiger partial charge in [0.1, 0.15) is 0 Å². The van der Waals surface area contributed by atoms with Gasteiger partial charge in [0.2, 0.25) is 0 Å². The molecule has 0 atom stereocenters. The van der Waals surface area contributed by atoms with Crippen molar-refractivity contribution >= 4 is 6.08 Å². The number of nitrogens with zero attached hydrogens (tertiary/aromatic N) is 1. The summed E-state index contributed by atoms with van der Waals surface area (Å²) in [5, 5.41) is 6.81. The van der Waals surface area contributed by atoms with E-state index < -0.39 is 0 Å². The Hall–Kier alpha value is -1.83. The molecule has 1 heterocycles. The molecule has 0 aliphatic heterocycles. The quantitative estimate of drug-likeness (QED) is 0.735. The van der Waals surface area contributed by atoms with Gasteiger partial charge in [0.15, 0.2) is 0 Å². The average Bonchev–Trinajstić information content (AvgIpc) is 2.67. The van der Waals surface area contributed by atoms with Crippen LogP contribution in [-0.4, -0.2) is 10.2 Å². The van der Waals surface area contributed by atoms with Crippen molar-refractivity contribution in [1.82, 2.24) is 10.2 Å². The van der Waals surface area contributed by atoms with E-state index in [1.54, 1.807) is 6.08 Å². The number of benzene rings is 1. The molecule has 13 heavy (non-hydrogen) atoms. The molecule has 0 spiro atoms. The van der Waals surface area contributed by atoms with E-state index in [-0.39, 0.29) is 0 Å². The van der Waals surface area contributed by atoms with E-state index in [2.05, 4.69) is 23.0 Å². The van der Waals surface area contributed by atoms with Gasteiger partial charge in [-0.1, -0.05) is 43.0 Å². The highest BCUT2D eigenvalue weighted by molar-refractivity contribution is 5.70. The lowest BCUT2D eigenvalue weighted by Gasteiger charge is -1.96. The molecule has 0 saturated heterocycles. The number of H-pyrrole nitrogens is 1. The minimum Gasteiger partial charge on any atom is -0.275 e. The first kappa shape index (κ1) is 7.80. The first-order valence-electron chi connectivity index (χ1n) is 4.05. The third kappa shape index (κ3) is 1.38. The summed E-state index contributed by atoms with van der Waals surface area (Å²) < 4.78 is 0. The summed E-state index contributed by atoms with van der Waals surface area (Å²) in [6, 6.07) is 9.97. The van der Waals surface area contributed by atoms with Crippen molar-refractivity contribution in [2.75, 3.05) is 0 Å². The van der Waals surface area contributed by atoms with Gasteiger partial charge in [-0.3, -0.25) is 5.10 Å². The van der Waals surface area contributed by atoms with Crippen molar-refractivity contribution in [2.45, 2.75) is 0 Å². The predicted molar refractivity (Wildman–Crippen MR) is 53.0 cm³/mol. The molecule has 2 heteroatoms. The zero-order chi connectivity index (χ0) is 9.10. The largest absolute Gasteiger partial charge is 0.275 e. The Morgan fingerprint density at radius 2 is 2.08 bits per heavy atom. The molecule has 1 N–H and O–H groups in total. The van der Waals surface area contributed by atoms with Gasteiger partial charge >= 0.3 is 0 Å². The van der Waals surface area contributed by atoms with Gasteiger partial charge in [-0.2, -0.15) is 5.10 Å². The maximum Gasteiger partial charge on any atom is 0.1000 e. The SMILES string of the molecule is C=Cc1[c][nH]nc1-c1ccccc1. The fraction of sp³-hybridized carbons (Fsp3) is 0. The van der Waals surface area contributed by atoms with Crippen LogP contribution in [0.5, 0.6) is 0 Å². The fourth-order valence-electron chi connectivity index (χ4n) is 1.23. The molecule has 2 nitrogen and oxygen atoms in total. The number of rotatable bonds is 2. The summed E-state index contributed by atoms with van der Waals surface area (Å²) >= 11 is 0. The van der Waals surface area contributed by atoms with Crippen LogP contribution in [0.15, 0.2) is 36.9 Å². The van der Waals surface area contributed by atoms with E-state index in [4.69, 9.17) is 0 Å². The Morgan fingerprint density at radius 3 is 2.77 bits per heavy atom. The summed E-state index contributed by atoms with van der Waals surface area (Å²) in [5.41, 5.74) is 2.89. The molecule has 2 rings (SSSR count). The second kappa shape index (κ2) is 3.27. The van der Waals surface area contributed by atoms with Crippen molar-refractivity contribution in [3.05, 3.63) is 48.7 Å². The Balaban J connectivity index is 2.52. The minimum atomic E-state index is 0.899. The third-order valence-electron chi connectivity index (χ3n) is 1.86. The van der Waals surface area contributed by atoms with Crippen LogP contribution in [0.25, 0.3) is 17.3 Å². The van der Waals surface area contributed by atoms with Crippen molar-refractivity contribution in [2.24, 2.45) is 0 Å². The number of hydrogen-bond donors (Lipinski definition) is 1. The highest BCUT2D eigenvalue weighted by atomic mass is 15.1. The lowest BCUT2D eigenvalue weighted by atomic mass is 10.1. The zero-order valence-electron chi connectivity index (χ0n) is 7.12. The molecule has 0 aliphatic carbocycles. The maximum atomic E-state index is 4.11. The first-order valence-corrected chi connectivity index (χ1v) is 4.05. The smallest absolute Gasteiger partial charge is 0.1000 e. The molecule has 0 unspecified atom stereocenters. The highest BCUT2D eigenvalue weighted by Crippen LogP contribution is 2.20. The fourth-order valence-corrected chi connectivity index (χ4v) is 1.23. The first-order chi connectivity index (χ1) is 6.42. The van der Waals surface area contributed by atoms with Crippen molar-refractivity contribution in [3.63, 3.8) is 0 Å². The summed E-state index contributed by atoms with van der Waals surface area (Å²) in [6.45, 7) is 3.70. The van der Waals surface area contributed by atoms with E-state index in [9.17, 15) is 0 Å². The van der Waals surface area contributed by atoms with Gasteiger partial charge in [-0.25, -0.2) is 0 Å².